The van der Waals surface area contributed by atoms with E-state index < -0.39 is 0 Å². The molecule has 2 aliphatic heterocycles. The van der Waals surface area contributed by atoms with E-state index in [0.717, 1.165) is 63.7 Å². The van der Waals surface area contributed by atoms with Gasteiger partial charge in [0.15, 0.2) is 0 Å². The van der Waals surface area contributed by atoms with Crippen LogP contribution in [0, 0.1) is 6.92 Å². The number of hydrogen-bond acceptors (Lipinski definition) is 3. The maximum atomic E-state index is 14.0. The number of likely N-dealkylation sites (tertiary alicyclic amines) is 1. The van der Waals surface area contributed by atoms with Crippen LogP contribution in [-0.2, 0) is 19.7 Å². The van der Waals surface area contributed by atoms with Crippen LogP contribution in [0.3, 0.4) is 0 Å². The molecule has 1 atom stereocenters. The maximum Gasteiger partial charge on any atom is 0.233 e. The van der Waals surface area contributed by atoms with E-state index in [0.29, 0.717) is 12.5 Å². The largest absolute Gasteiger partial charge is 0.373 e. The van der Waals surface area contributed by atoms with Crippen molar-refractivity contribution >= 4 is 17.5 Å². The summed E-state index contributed by atoms with van der Waals surface area (Å²) >= 11 is 0. The molecule has 2 amide bonds. The van der Waals surface area contributed by atoms with Gasteiger partial charge in [-0.3, -0.25) is 9.59 Å². The molecule has 1 spiro atoms. The van der Waals surface area contributed by atoms with Crippen LogP contribution in [0.5, 0.6) is 0 Å². The molecule has 0 bridgehead atoms. The molecule has 3 fully saturated rings. The van der Waals surface area contributed by atoms with Gasteiger partial charge < -0.3 is 14.5 Å². The van der Waals surface area contributed by atoms with Crippen LogP contribution < -0.4 is 4.90 Å². The van der Waals surface area contributed by atoms with Crippen molar-refractivity contribution in [3.63, 3.8) is 0 Å². The van der Waals surface area contributed by atoms with Gasteiger partial charge in [-0.25, -0.2) is 0 Å². The molecule has 2 saturated heterocycles. The SMILES string of the molecule is CC(=O)N(c1ccccc1)[C@@H]1COC2(CCN(C(=O)C3(c4ccc(C)cc4)CCCCC3)CC2)C1. The van der Waals surface area contributed by atoms with Crippen molar-refractivity contribution < 1.29 is 14.3 Å². The Balaban J connectivity index is 1.28. The van der Waals surface area contributed by atoms with Crippen LogP contribution in [0.1, 0.15) is 69.4 Å². The Morgan fingerprint density at radius 2 is 1.57 bits per heavy atom. The summed E-state index contributed by atoms with van der Waals surface area (Å²) in [6.45, 7) is 5.74. The summed E-state index contributed by atoms with van der Waals surface area (Å²) in [5, 5.41) is 0. The number of hydrogen-bond donors (Lipinski definition) is 0. The number of aryl methyl sites for hydroxylation is 1. The number of piperidine rings is 1. The van der Waals surface area contributed by atoms with Crippen molar-refractivity contribution in [3.8, 4) is 0 Å². The van der Waals surface area contributed by atoms with E-state index in [1.54, 1.807) is 6.92 Å². The Kier molecular flexibility index (Phi) is 6.71. The fraction of sp³-hybridized carbons (Fsp3) is 0.533. The van der Waals surface area contributed by atoms with Gasteiger partial charge in [0.1, 0.15) is 0 Å². The number of carbonyl (C=O) groups is 2. The normalized spacial score (nSPS) is 23.3. The van der Waals surface area contributed by atoms with E-state index >= 15 is 0 Å². The quantitative estimate of drug-likeness (QED) is 0.596. The molecule has 0 aromatic heterocycles. The molecule has 5 heteroatoms. The molecule has 1 saturated carbocycles. The van der Waals surface area contributed by atoms with Gasteiger partial charge in [-0.05, 0) is 56.7 Å². The summed E-state index contributed by atoms with van der Waals surface area (Å²) in [6.07, 6.45) is 7.82. The molecule has 0 N–H and O–H groups in total. The van der Waals surface area contributed by atoms with Gasteiger partial charge in [-0.15, -0.1) is 0 Å². The smallest absolute Gasteiger partial charge is 0.233 e. The first-order valence-electron chi connectivity index (χ1n) is 13.3. The third kappa shape index (κ3) is 4.63. The molecule has 5 nitrogen and oxygen atoms in total. The highest BCUT2D eigenvalue weighted by Crippen LogP contribution is 2.44. The zero-order valence-electron chi connectivity index (χ0n) is 21.2. The van der Waals surface area contributed by atoms with Gasteiger partial charge in [0, 0.05) is 25.7 Å². The molecule has 0 radical (unpaired) electrons. The summed E-state index contributed by atoms with van der Waals surface area (Å²) in [5.74, 6) is 0.354. The minimum atomic E-state index is -0.381. The number of para-hydroxylation sites is 1. The lowest BCUT2D eigenvalue weighted by atomic mass is 9.68. The van der Waals surface area contributed by atoms with Crippen LogP contribution in [0.2, 0.25) is 0 Å². The lowest BCUT2D eigenvalue weighted by Gasteiger charge is -2.45. The molecule has 35 heavy (non-hydrogen) atoms. The van der Waals surface area contributed by atoms with Gasteiger partial charge >= 0.3 is 0 Å². The van der Waals surface area contributed by atoms with Crippen LogP contribution >= 0.6 is 0 Å². The van der Waals surface area contributed by atoms with Crippen molar-refractivity contribution in [2.24, 2.45) is 0 Å². The Hall–Kier alpha value is -2.66. The zero-order chi connectivity index (χ0) is 24.5. The molecule has 5 rings (SSSR count). The molecule has 1 aliphatic carbocycles. The molecule has 0 unspecified atom stereocenters. The molecule has 186 valence electrons. The lowest BCUT2D eigenvalue weighted by molar-refractivity contribution is -0.143. The number of amides is 2. The lowest BCUT2D eigenvalue weighted by Crippen LogP contribution is -2.53. The summed E-state index contributed by atoms with van der Waals surface area (Å²) in [4.78, 5) is 30.6. The third-order valence-electron chi connectivity index (χ3n) is 8.61. The van der Waals surface area contributed by atoms with Crippen LogP contribution in [0.15, 0.2) is 54.6 Å². The minimum absolute atomic E-state index is 0.0365. The summed E-state index contributed by atoms with van der Waals surface area (Å²) in [6, 6.07) is 18.6. The van der Waals surface area contributed by atoms with Crippen molar-refractivity contribution in [1.29, 1.82) is 0 Å². The van der Waals surface area contributed by atoms with E-state index in [-0.39, 0.29) is 23.0 Å². The Morgan fingerprint density at radius 3 is 2.20 bits per heavy atom. The first-order valence-corrected chi connectivity index (χ1v) is 13.3. The van der Waals surface area contributed by atoms with Crippen molar-refractivity contribution in [2.45, 2.75) is 82.3 Å². The number of nitrogens with zero attached hydrogens (tertiary/aromatic N) is 2. The maximum absolute atomic E-state index is 14.0. The van der Waals surface area contributed by atoms with E-state index in [4.69, 9.17) is 4.74 Å². The first-order chi connectivity index (χ1) is 16.9. The molecule has 2 aromatic rings. The van der Waals surface area contributed by atoms with Gasteiger partial charge in [-0.1, -0.05) is 67.3 Å². The standard InChI is InChI=1S/C30H38N2O3/c1-23-11-13-25(14-12-23)30(15-7-4-8-16-30)28(34)31-19-17-29(18-20-31)21-27(22-35-29)32(24(2)33)26-9-5-3-6-10-26/h3,5-6,9-14,27H,4,7-8,15-22H2,1-2H3/t27-/m0/s1. The first kappa shape index (κ1) is 24.1. The number of rotatable bonds is 4. The highest BCUT2D eigenvalue weighted by atomic mass is 16.5. The predicted molar refractivity (Wildman–Crippen MR) is 138 cm³/mol. The van der Waals surface area contributed by atoms with Crippen LogP contribution in [0.4, 0.5) is 5.69 Å². The Labute approximate surface area is 209 Å². The third-order valence-corrected chi connectivity index (χ3v) is 8.61. The number of benzene rings is 2. The molecule has 3 aliphatic rings. The molecular weight excluding hydrogens is 436 g/mol. The van der Waals surface area contributed by atoms with Gasteiger partial charge in [0.2, 0.25) is 11.8 Å². The zero-order valence-corrected chi connectivity index (χ0v) is 21.2. The molecule has 2 aromatic carbocycles. The van der Waals surface area contributed by atoms with Crippen molar-refractivity contribution in [2.75, 3.05) is 24.6 Å². The molecule has 2 heterocycles. The minimum Gasteiger partial charge on any atom is -0.373 e. The summed E-state index contributed by atoms with van der Waals surface area (Å²) in [5.41, 5.74) is 2.72. The second kappa shape index (κ2) is 9.77. The average molecular weight is 475 g/mol. The fourth-order valence-corrected chi connectivity index (χ4v) is 6.65. The number of ether oxygens (including phenoxy) is 1. The topological polar surface area (TPSA) is 49.9 Å². The van der Waals surface area contributed by atoms with Crippen LogP contribution in [0.25, 0.3) is 0 Å². The van der Waals surface area contributed by atoms with Crippen molar-refractivity contribution in [3.05, 3.63) is 65.7 Å². The van der Waals surface area contributed by atoms with E-state index in [1.807, 2.05) is 35.2 Å². The van der Waals surface area contributed by atoms with Crippen molar-refractivity contribution in [1.82, 2.24) is 4.90 Å². The second-order valence-electron chi connectivity index (χ2n) is 10.9. The van der Waals surface area contributed by atoms with E-state index in [9.17, 15) is 9.59 Å². The number of anilines is 1. The Bertz CT molecular complexity index is 1040. The highest BCUT2D eigenvalue weighted by Gasteiger charge is 2.49. The summed E-state index contributed by atoms with van der Waals surface area (Å²) in [7, 11) is 0. The summed E-state index contributed by atoms with van der Waals surface area (Å²) < 4.78 is 6.41. The van der Waals surface area contributed by atoms with Gasteiger partial charge in [0.05, 0.1) is 23.7 Å². The van der Waals surface area contributed by atoms with Gasteiger partial charge in [-0.2, -0.15) is 0 Å². The Morgan fingerprint density at radius 1 is 0.914 bits per heavy atom. The van der Waals surface area contributed by atoms with E-state index in [1.165, 1.54) is 17.5 Å². The van der Waals surface area contributed by atoms with Crippen LogP contribution in [-0.4, -0.2) is 48.1 Å². The van der Waals surface area contributed by atoms with Gasteiger partial charge in [0.25, 0.3) is 0 Å². The second-order valence-corrected chi connectivity index (χ2v) is 10.9. The highest BCUT2D eigenvalue weighted by molar-refractivity contribution is 5.92. The monoisotopic (exact) mass is 474 g/mol. The van der Waals surface area contributed by atoms with E-state index in [2.05, 4.69) is 36.1 Å². The average Bonchev–Trinajstić information content (AvgIpc) is 3.28. The molecular formula is C30H38N2O3. The fourth-order valence-electron chi connectivity index (χ4n) is 6.65. The predicted octanol–water partition coefficient (Wildman–Crippen LogP) is 5.40. The number of carbonyl (C=O) groups excluding carboxylic acids is 2.